The van der Waals surface area contributed by atoms with Crippen molar-refractivity contribution in [3.63, 3.8) is 0 Å². The van der Waals surface area contributed by atoms with Crippen LogP contribution < -0.4 is 15.0 Å². The molecule has 1 aliphatic heterocycles. The summed E-state index contributed by atoms with van der Waals surface area (Å²) >= 11 is 5.32. The van der Waals surface area contributed by atoms with Crippen molar-refractivity contribution < 1.29 is 18.3 Å². The number of carbonyl (C=O) groups is 1. The lowest BCUT2D eigenvalue weighted by Gasteiger charge is -2.17. The first-order chi connectivity index (χ1) is 12.5. The molecule has 0 unspecified atom stereocenters. The Morgan fingerprint density at radius 3 is 2.54 bits per heavy atom. The molecule has 2 aromatic rings. The summed E-state index contributed by atoms with van der Waals surface area (Å²) in [5.74, 6) is -0.203. The topological polar surface area (TPSA) is 41.6 Å². The van der Waals surface area contributed by atoms with Crippen LogP contribution in [0.3, 0.4) is 0 Å². The Kier molecular flexibility index (Phi) is 5.27. The van der Waals surface area contributed by atoms with Gasteiger partial charge in [0.2, 0.25) is 0 Å². The number of alkyl halides is 2. The van der Waals surface area contributed by atoms with Crippen LogP contribution in [0, 0.1) is 0 Å². The highest BCUT2D eigenvalue weighted by atomic mass is 32.1. The molecular weight excluding hydrogens is 358 g/mol. The fraction of sp³-hybridized carbons (Fsp3) is 0.158. The first kappa shape index (κ1) is 18.0. The Labute approximate surface area is 155 Å². The van der Waals surface area contributed by atoms with Crippen molar-refractivity contribution in [2.75, 3.05) is 4.90 Å². The monoisotopic (exact) mass is 374 g/mol. The molecule has 2 aromatic carbocycles. The summed E-state index contributed by atoms with van der Waals surface area (Å²) in [6.45, 7) is -0.864. The van der Waals surface area contributed by atoms with Gasteiger partial charge in [-0.05, 0) is 54.0 Å². The fourth-order valence-corrected chi connectivity index (χ4v) is 2.99. The first-order valence-electron chi connectivity index (χ1n) is 7.99. The summed E-state index contributed by atoms with van der Waals surface area (Å²) in [5, 5.41) is 3.22. The van der Waals surface area contributed by atoms with Crippen LogP contribution in [0.1, 0.15) is 18.1 Å². The molecule has 134 valence electrons. The quantitative estimate of drug-likeness (QED) is 0.632. The van der Waals surface area contributed by atoms with Gasteiger partial charge in [-0.15, -0.1) is 0 Å². The highest BCUT2D eigenvalue weighted by molar-refractivity contribution is 7.80. The Bertz CT molecular complexity index is 866. The van der Waals surface area contributed by atoms with Gasteiger partial charge in [-0.1, -0.05) is 37.3 Å². The van der Waals surface area contributed by atoms with E-state index in [0.29, 0.717) is 16.4 Å². The number of aryl methyl sites for hydroxylation is 1. The molecule has 1 aliphatic rings. The van der Waals surface area contributed by atoms with Gasteiger partial charge in [0.05, 0.1) is 5.69 Å². The van der Waals surface area contributed by atoms with E-state index >= 15 is 0 Å². The second kappa shape index (κ2) is 7.61. The van der Waals surface area contributed by atoms with Crippen LogP contribution in [-0.2, 0) is 11.2 Å². The third-order valence-electron chi connectivity index (χ3n) is 3.91. The van der Waals surface area contributed by atoms with Gasteiger partial charge >= 0.3 is 6.61 Å². The predicted molar refractivity (Wildman–Crippen MR) is 100 cm³/mol. The zero-order valence-corrected chi connectivity index (χ0v) is 14.7. The number of nitrogens with one attached hydrogen (secondary N) is 1. The Hall–Kier alpha value is -2.80. The maximum absolute atomic E-state index is 12.8. The molecule has 1 heterocycles. The Morgan fingerprint density at radius 1 is 1.19 bits per heavy atom. The number of amides is 1. The minimum atomic E-state index is -2.87. The van der Waals surface area contributed by atoms with Crippen molar-refractivity contribution in [2.24, 2.45) is 0 Å². The van der Waals surface area contributed by atoms with E-state index in [1.165, 1.54) is 17.0 Å². The van der Waals surface area contributed by atoms with E-state index in [1.807, 2.05) is 31.2 Å². The summed E-state index contributed by atoms with van der Waals surface area (Å²) in [6.07, 6.45) is 2.39. The van der Waals surface area contributed by atoms with E-state index in [0.717, 1.165) is 17.7 Å². The van der Waals surface area contributed by atoms with E-state index in [9.17, 15) is 13.6 Å². The molecule has 1 saturated heterocycles. The molecule has 4 nitrogen and oxygen atoms in total. The number of nitrogens with zero attached hydrogens (tertiary/aromatic N) is 1. The van der Waals surface area contributed by atoms with Crippen LogP contribution in [0.15, 0.2) is 54.2 Å². The number of benzene rings is 2. The SMILES string of the molecule is CCc1ccccc1N1C(=O)/C(=C\c2ccc(OC(F)F)cc2)NC1=S. The van der Waals surface area contributed by atoms with Gasteiger partial charge in [0.1, 0.15) is 11.4 Å². The number of anilines is 1. The lowest BCUT2D eigenvalue weighted by molar-refractivity contribution is -0.113. The summed E-state index contributed by atoms with van der Waals surface area (Å²) < 4.78 is 28.7. The molecule has 1 amide bonds. The molecule has 26 heavy (non-hydrogen) atoms. The highest BCUT2D eigenvalue weighted by Gasteiger charge is 2.32. The first-order valence-corrected chi connectivity index (χ1v) is 8.40. The smallest absolute Gasteiger partial charge is 0.387 e. The van der Waals surface area contributed by atoms with Crippen LogP contribution in [0.4, 0.5) is 14.5 Å². The van der Waals surface area contributed by atoms with Crippen LogP contribution in [0.2, 0.25) is 0 Å². The van der Waals surface area contributed by atoms with Gasteiger partial charge in [-0.2, -0.15) is 8.78 Å². The second-order valence-electron chi connectivity index (χ2n) is 5.56. The average molecular weight is 374 g/mol. The lowest BCUT2D eigenvalue weighted by Crippen LogP contribution is -2.31. The maximum atomic E-state index is 12.8. The maximum Gasteiger partial charge on any atom is 0.387 e. The van der Waals surface area contributed by atoms with Gasteiger partial charge in [-0.25, -0.2) is 0 Å². The Morgan fingerprint density at radius 2 is 1.88 bits per heavy atom. The summed E-state index contributed by atoms with van der Waals surface area (Å²) in [6, 6.07) is 13.6. The number of thiocarbonyl (C=S) groups is 1. The number of hydrogen-bond acceptors (Lipinski definition) is 3. The number of carbonyl (C=O) groups excluding carboxylic acids is 1. The molecule has 0 bridgehead atoms. The van der Waals surface area contributed by atoms with Crippen molar-refractivity contribution in [3.8, 4) is 5.75 Å². The van der Waals surface area contributed by atoms with E-state index in [-0.39, 0.29) is 11.7 Å². The third kappa shape index (κ3) is 3.72. The predicted octanol–water partition coefficient (Wildman–Crippen LogP) is 4.11. The van der Waals surface area contributed by atoms with Crippen molar-refractivity contribution in [1.29, 1.82) is 0 Å². The number of para-hydroxylation sites is 1. The van der Waals surface area contributed by atoms with Gasteiger partial charge in [-0.3, -0.25) is 9.69 Å². The molecule has 1 fully saturated rings. The fourth-order valence-electron chi connectivity index (χ4n) is 2.69. The molecule has 0 spiro atoms. The number of rotatable bonds is 5. The molecule has 1 N–H and O–H groups in total. The Balaban J connectivity index is 1.85. The van der Waals surface area contributed by atoms with Gasteiger partial charge in [0.15, 0.2) is 5.11 Å². The molecule has 0 atom stereocenters. The molecule has 0 saturated carbocycles. The molecule has 0 aromatic heterocycles. The van der Waals surface area contributed by atoms with Crippen molar-refractivity contribution in [3.05, 3.63) is 65.4 Å². The van der Waals surface area contributed by atoms with E-state index in [2.05, 4.69) is 10.1 Å². The van der Waals surface area contributed by atoms with Crippen LogP contribution in [-0.4, -0.2) is 17.6 Å². The molecule has 0 aliphatic carbocycles. The van der Waals surface area contributed by atoms with E-state index < -0.39 is 6.61 Å². The molecule has 7 heteroatoms. The third-order valence-corrected chi connectivity index (χ3v) is 4.19. The zero-order valence-electron chi connectivity index (χ0n) is 13.9. The number of hydrogen-bond donors (Lipinski definition) is 1. The lowest BCUT2D eigenvalue weighted by atomic mass is 10.1. The van der Waals surface area contributed by atoms with E-state index in [1.54, 1.807) is 18.2 Å². The van der Waals surface area contributed by atoms with Gasteiger partial charge in [0, 0.05) is 0 Å². The molecular formula is C19H16F2N2O2S. The highest BCUT2D eigenvalue weighted by Crippen LogP contribution is 2.26. The number of halogens is 2. The largest absolute Gasteiger partial charge is 0.435 e. The summed E-state index contributed by atoms with van der Waals surface area (Å²) in [7, 11) is 0. The van der Waals surface area contributed by atoms with Crippen molar-refractivity contribution in [2.45, 2.75) is 20.0 Å². The van der Waals surface area contributed by atoms with E-state index in [4.69, 9.17) is 12.2 Å². The summed E-state index contributed by atoms with van der Waals surface area (Å²) in [5.41, 5.74) is 2.75. The summed E-state index contributed by atoms with van der Waals surface area (Å²) in [4.78, 5) is 14.3. The van der Waals surface area contributed by atoms with Crippen LogP contribution >= 0.6 is 12.2 Å². The van der Waals surface area contributed by atoms with Crippen LogP contribution in [0.5, 0.6) is 5.75 Å². The van der Waals surface area contributed by atoms with Crippen molar-refractivity contribution >= 4 is 35.0 Å². The van der Waals surface area contributed by atoms with Crippen molar-refractivity contribution in [1.82, 2.24) is 5.32 Å². The van der Waals surface area contributed by atoms with Gasteiger partial charge < -0.3 is 10.1 Å². The van der Waals surface area contributed by atoms with Crippen LogP contribution in [0.25, 0.3) is 6.08 Å². The standard InChI is InChI=1S/C19H16F2N2O2S/c1-2-13-5-3-4-6-16(13)23-17(24)15(22-19(23)26)11-12-7-9-14(10-8-12)25-18(20)21/h3-11,18H,2H2,1H3,(H,22,26)/b15-11+. The normalized spacial score (nSPS) is 15.7. The molecule has 0 radical (unpaired) electrons. The zero-order chi connectivity index (χ0) is 18.7. The minimum absolute atomic E-state index is 0.0573. The number of ether oxygens (including phenoxy) is 1. The molecule has 3 rings (SSSR count). The second-order valence-corrected chi connectivity index (χ2v) is 5.95. The minimum Gasteiger partial charge on any atom is -0.435 e. The average Bonchev–Trinajstić information content (AvgIpc) is 2.89. The van der Waals surface area contributed by atoms with Gasteiger partial charge in [0.25, 0.3) is 5.91 Å².